The van der Waals surface area contributed by atoms with Gasteiger partial charge in [0, 0.05) is 37.4 Å². The molecule has 1 aliphatic rings. The van der Waals surface area contributed by atoms with Gasteiger partial charge in [-0.25, -0.2) is 0 Å². The highest BCUT2D eigenvalue weighted by atomic mass is 15.3. The molecule has 0 amide bonds. The average Bonchev–Trinajstić information content (AvgIpc) is 2.35. The van der Waals surface area contributed by atoms with Crippen molar-refractivity contribution in [1.29, 1.82) is 0 Å². The van der Waals surface area contributed by atoms with Gasteiger partial charge in [0.15, 0.2) is 0 Å². The van der Waals surface area contributed by atoms with Crippen LogP contribution >= 0.6 is 0 Å². The van der Waals surface area contributed by atoms with E-state index in [0.29, 0.717) is 18.6 Å². The maximum absolute atomic E-state index is 5.89. The molecule has 2 rings (SSSR count). The van der Waals surface area contributed by atoms with Crippen molar-refractivity contribution in [2.45, 2.75) is 39.4 Å². The molecular weight excluding hydrogens is 222 g/mol. The molecule has 1 aromatic carbocycles. The molecule has 2 atom stereocenters. The molecule has 100 valence electrons. The highest BCUT2D eigenvalue weighted by molar-refractivity contribution is 5.55. The van der Waals surface area contributed by atoms with Crippen molar-refractivity contribution in [3.05, 3.63) is 29.3 Å². The molecule has 0 spiro atoms. The van der Waals surface area contributed by atoms with Crippen molar-refractivity contribution >= 4 is 5.69 Å². The summed E-state index contributed by atoms with van der Waals surface area (Å²) in [4.78, 5) is 4.93. The zero-order chi connectivity index (χ0) is 13.3. The molecule has 1 heterocycles. The van der Waals surface area contributed by atoms with Crippen LogP contribution < -0.4 is 10.6 Å². The predicted molar refractivity (Wildman–Crippen MR) is 78.0 cm³/mol. The van der Waals surface area contributed by atoms with E-state index < -0.39 is 0 Å². The second kappa shape index (κ2) is 5.29. The maximum Gasteiger partial charge on any atom is 0.0413 e. The van der Waals surface area contributed by atoms with Crippen molar-refractivity contribution in [2.24, 2.45) is 5.73 Å². The molecule has 1 fully saturated rings. The van der Waals surface area contributed by atoms with E-state index in [0.717, 1.165) is 13.1 Å². The van der Waals surface area contributed by atoms with Crippen molar-refractivity contribution in [3.63, 3.8) is 0 Å². The predicted octanol–water partition coefficient (Wildman–Crippen LogP) is 1.98. The van der Waals surface area contributed by atoms with E-state index in [9.17, 15) is 0 Å². The van der Waals surface area contributed by atoms with Crippen LogP contribution in [0.25, 0.3) is 0 Å². The highest BCUT2D eigenvalue weighted by Gasteiger charge is 2.27. The third-order valence-electron chi connectivity index (χ3n) is 4.16. The molecule has 2 N–H and O–H groups in total. The summed E-state index contributed by atoms with van der Waals surface area (Å²) >= 11 is 0. The SMILES string of the molecule is Cc1ccc(N2CC(C)N(C)C(C)C2)c(CN)c1. The van der Waals surface area contributed by atoms with Crippen LogP contribution in [-0.2, 0) is 6.54 Å². The van der Waals surface area contributed by atoms with Gasteiger partial charge in [-0.3, -0.25) is 4.90 Å². The highest BCUT2D eigenvalue weighted by Crippen LogP contribution is 2.25. The lowest BCUT2D eigenvalue weighted by Gasteiger charge is -2.44. The van der Waals surface area contributed by atoms with Crippen LogP contribution in [0, 0.1) is 6.92 Å². The lowest BCUT2D eigenvalue weighted by atomic mass is 10.0. The van der Waals surface area contributed by atoms with Gasteiger partial charge in [0.25, 0.3) is 0 Å². The molecule has 0 saturated carbocycles. The normalized spacial score (nSPS) is 25.5. The first kappa shape index (κ1) is 13.4. The van der Waals surface area contributed by atoms with Gasteiger partial charge in [-0.2, -0.15) is 0 Å². The summed E-state index contributed by atoms with van der Waals surface area (Å²) in [6.07, 6.45) is 0. The number of hydrogen-bond acceptors (Lipinski definition) is 3. The molecule has 0 radical (unpaired) electrons. The van der Waals surface area contributed by atoms with Crippen LogP contribution in [0.2, 0.25) is 0 Å². The Morgan fingerprint density at radius 1 is 1.22 bits per heavy atom. The van der Waals surface area contributed by atoms with Gasteiger partial charge in [-0.1, -0.05) is 17.7 Å². The Balaban J connectivity index is 2.26. The minimum Gasteiger partial charge on any atom is -0.368 e. The van der Waals surface area contributed by atoms with Crippen molar-refractivity contribution in [1.82, 2.24) is 4.90 Å². The first-order valence-corrected chi connectivity index (χ1v) is 6.79. The van der Waals surface area contributed by atoms with E-state index in [1.54, 1.807) is 0 Å². The van der Waals surface area contributed by atoms with Gasteiger partial charge in [-0.05, 0) is 39.4 Å². The Morgan fingerprint density at radius 3 is 2.39 bits per heavy atom. The van der Waals surface area contributed by atoms with Crippen LogP contribution in [0.4, 0.5) is 5.69 Å². The summed E-state index contributed by atoms with van der Waals surface area (Å²) in [6.45, 7) is 9.48. The third-order valence-corrected chi connectivity index (χ3v) is 4.16. The molecule has 18 heavy (non-hydrogen) atoms. The van der Waals surface area contributed by atoms with Gasteiger partial charge in [0.2, 0.25) is 0 Å². The summed E-state index contributed by atoms with van der Waals surface area (Å²) in [5.74, 6) is 0. The van der Waals surface area contributed by atoms with Gasteiger partial charge in [0.1, 0.15) is 0 Å². The van der Waals surface area contributed by atoms with E-state index in [1.165, 1.54) is 16.8 Å². The zero-order valence-electron chi connectivity index (χ0n) is 12.0. The second-order valence-corrected chi connectivity index (χ2v) is 5.60. The Bertz CT molecular complexity index is 404. The Labute approximate surface area is 111 Å². The minimum atomic E-state index is 0.584. The summed E-state index contributed by atoms with van der Waals surface area (Å²) in [6, 6.07) is 7.79. The number of rotatable bonds is 2. The fourth-order valence-electron chi connectivity index (χ4n) is 2.79. The van der Waals surface area contributed by atoms with E-state index in [1.807, 2.05) is 0 Å². The zero-order valence-corrected chi connectivity index (χ0v) is 12.0. The molecule has 0 bridgehead atoms. The summed E-state index contributed by atoms with van der Waals surface area (Å²) in [7, 11) is 2.21. The van der Waals surface area contributed by atoms with E-state index in [-0.39, 0.29) is 0 Å². The average molecular weight is 247 g/mol. The first-order chi connectivity index (χ1) is 8.52. The van der Waals surface area contributed by atoms with Crippen molar-refractivity contribution < 1.29 is 0 Å². The van der Waals surface area contributed by atoms with Gasteiger partial charge >= 0.3 is 0 Å². The lowest BCUT2D eigenvalue weighted by molar-refractivity contribution is 0.170. The van der Waals surface area contributed by atoms with Gasteiger partial charge in [-0.15, -0.1) is 0 Å². The number of piperazine rings is 1. The smallest absolute Gasteiger partial charge is 0.0413 e. The molecular formula is C15H25N3. The Hall–Kier alpha value is -1.06. The molecule has 1 aliphatic heterocycles. The largest absolute Gasteiger partial charge is 0.368 e. The van der Waals surface area contributed by atoms with Crippen molar-refractivity contribution in [2.75, 3.05) is 25.0 Å². The quantitative estimate of drug-likeness (QED) is 0.867. The monoisotopic (exact) mass is 247 g/mol. The van der Waals surface area contributed by atoms with Crippen molar-refractivity contribution in [3.8, 4) is 0 Å². The summed E-state index contributed by atoms with van der Waals surface area (Å²) in [5.41, 5.74) is 9.75. The molecule has 3 heteroatoms. The molecule has 1 saturated heterocycles. The number of benzene rings is 1. The molecule has 0 aliphatic carbocycles. The van der Waals surface area contributed by atoms with Crippen LogP contribution in [0.1, 0.15) is 25.0 Å². The summed E-state index contributed by atoms with van der Waals surface area (Å²) in [5, 5.41) is 0. The van der Waals surface area contributed by atoms with Crippen LogP contribution in [0.5, 0.6) is 0 Å². The van der Waals surface area contributed by atoms with Crippen LogP contribution in [0.3, 0.4) is 0 Å². The summed E-state index contributed by atoms with van der Waals surface area (Å²) < 4.78 is 0. The maximum atomic E-state index is 5.89. The molecule has 2 unspecified atom stereocenters. The van der Waals surface area contributed by atoms with E-state index in [4.69, 9.17) is 5.73 Å². The van der Waals surface area contributed by atoms with Crippen LogP contribution in [0.15, 0.2) is 18.2 Å². The van der Waals surface area contributed by atoms with Crippen LogP contribution in [-0.4, -0.2) is 37.1 Å². The van der Waals surface area contributed by atoms with E-state index >= 15 is 0 Å². The fourth-order valence-corrected chi connectivity index (χ4v) is 2.79. The number of anilines is 1. The Morgan fingerprint density at radius 2 is 1.83 bits per heavy atom. The van der Waals surface area contributed by atoms with Gasteiger partial charge < -0.3 is 10.6 Å². The molecule has 0 aromatic heterocycles. The number of likely N-dealkylation sites (N-methyl/N-ethyl adjacent to an activating group) is 1. The molecule has 1 aromatic rings. The first-order valence-electron chi connectivity index (χ1n) is 6.79. The number of nitrogens with two attached hydrogens (primary N) is 1. The number of aryl methyl sites for hydroxylation is 1. The molecule has 3 nitrogen and oxygen atoms in total. The minimum absolute atomic E-state index is 0.584. The second-order valence-electron chi connectivity index (χ2n) is 5.60. The topological polar surface area (TPSA) is 32.5 Å². The van der Waals surface area contributed by atoms with Gasteiger partial charge in [0.05, 0.1) is 0 Å². The number of hydrogen-bond donors (Lipinski definition) is 1. The standard InChI is InChI=1S/C15H25N3/c1-11-5-6-15(14(7-11)8-16)18-9-12(2)17(4)13(3)10-18/h5-7,12-13H,8-10,16H2,1-4H3. The van der Waals surface area contributed by atoms with E-state index in [2.05, 4.69) is 55.8 Å². The Kier molecular flexibility index (Phi) is 3.93. The third kappa shape index (κ3) is 2.52. The fraction of sp³-hybridized carbons (Fsp3) is 0.600. The lowest BCUT2D eigenvalue weighted by Crippen LogP contribution is -2.55. The number of nitrogens with zero attached hydrogens (tertiary/aromatic N) is 2.